The summed E-state index contributed by atoms with van der Waals surface area (Å²) in [6, 6.07) is 13.3. The number of carbonyl (C=O) groups excluding carboxylic acids is 1. The van der Waals surface area contributed by atoms with E-state index >= 15 is 0 Å². The quantitative estimate of drug-likeness (QED) is 0.613. The number of halogens is 1. The first kappa shape index (κ1) is 13.6. The molecule has 0 heterocycles. The summed E-state index contributed by atoms with van der Waals surface area (Å²) in [4.78, 5) is 12.8. The van der Waals surface area contributed by atoms with Crippen molar-refractivity contribution in [1.82, 2.24) is 0 Å². The van der Waals surface area contributed by atoms with Crippen molar-refractivity contribution in [2.75, 3.05) is 12.9 Å². The number of hydrogen-bond donors (Lipinski definition) is 0. The summed E-state index contributed by atoms with van der Waals surface area (Å²) < 4.78 is 18.9. The zero-order valence-corrected chi connectivity index (χ0v) is 11.2. The predicted octanol–water partition coefficient (Wildman–Crippen LogP) is 3.81. The van der Waals surface area contributed by atoms with Gasteiger partial charge < -0.3 is 4.74 Å². The molecule has 0 saturated heterocycles. The van der Waals surface area contributed by atoms with Gasteiger partial charge in [0, 0.05) is 4.90 Å². The van der Waals surface area contributed by atoms with E-state index in [1.807, 2.05) is 24.5 Å². The Morgan fingerprint density at radius 2 is 1.84 bits per heavy atom. The van der Waals surface area contributed by atoms with Gasteiger partial charge in [0.15, 0.2) is 6.61 Å². The van der Waals surface area contributed by atoms with Crippen LogP contribution in [0.5, 0.6) is 5.75 Å². The molecule has 4 heteroatoms. The van der Waals surface area contributed by atoms with Crippen molar-refractivity contribution >= 4 is 17.5 Å². The minimum Gasteiger partial charge on any atom is -0.484 e. The third kappa shape index (κ3) is 3.35. The van der Waals surface area contributed by atoms with E-state index in [4.69, 9.17) is 4.74 Å². The van der Waals surface area contributed by atoms with E-state index in [0.717, 1.165) is 4.90 Å². The van der Waals surface area contributed by atoms with Crippen molar-refractivity contribution < 1.29 is 13.9 Å². The van der Waals surface area contributed by atoms with Gasteiger partial charge in [-0.1, -0.05) is 24.3 Å². The first-order valence-corrected chi connectivity index (χ1v) is 6.98. The van der Waals surface area contributed by atoms with Crippen LogP contribution in [-0.4, -0.2) is 18.6 Å². The van der Waals surface area contributed by atoms with E-state index in [0.29, 0.717) is 5.75 Å². The summed E-state index contributed by atoms with van der Waals surface area (Å²) in [5, 5.41) is 0. The van der Waals surface area contributed by atoms with E-state index < -0.39 is 5.82 Å². The van der Waals surface area contributed by atoms with Crippen LogP contribution in [0.2, 0.25) is 0 Å². The van der Waals surface area contributed by atoms with E-state index in [2.05, 4.69) is 0 Å². The number of rotatable bonds is 5. The molecule has 0 N–H and O–H groups in total. The molecule has 2 nitrogen and oxygen atoms in total. The highest BCUT2D eigenvalue weighted by atomic mass is 32.2. The molecule has 0 unspecified atom stereocenters. The van der Waals surface area contributed by atoms with E-state index in [-0.39, 0.29) is 18.0 Å². The minimum atomic E-state index is -0.519. The molecule has 2 rings (SSSR count). The standard InChI is InChI=1S/C15H13FO2S/c1-19-15-9-5-4-8-14(15)18-10-13(17)11-6-2-3-7-12(11)16/h2-9H,10H2,1H3. The second kappa shape index (κ2) is 6.38. The molecular formula is C15H13FO2S. The summed E-state index contributed by atoms with van der Waals surface area (Å²) in [6.45, 7) is -0.168. The fourth-order valence-electron chi connectivity index (χ4n) is 1.65. The third-order valence-corrected chi connectivity index (χ3v) is 3.38. The molecule has 0 bridgehead atoms. The normalized spacial score (nSPS) is 10.2. The molecule has 19 heavy (non-hydrogen) atoms. The van der Waals surface area contributed by atoms with Crippen LogP contribution in [0.25, 0.3) is 0 Å². The van der Waals surface area contributed by atoms with Crippen LogP contribution in [0, 0.1) is 5.82 Å². The molecule has 0 fully saturated rings. The lowest BCUT2D eigenvalue weighted by Crippen LogP contribution is -2.13. The van der Waals surface area contributed by atoms with Gasteiger partial charge in [0.2, 0.25) is 5.78 Å². The van der Waals surface area contributed by atoms with Crippen molar-refractivity contribution in [2.24, 2.45) is 0 Å². The van der Waals surface area contributed by atoms with Gasteiger partial charge >= 0.3 is 0 Å². The van der Waals surface area contributed by atoms with Crippen LogP contribution in [-0.2, 0) is 0 Å². The zero-order valence-electron chi connectivity index (χ0n) is 10.4. The molecule has 98 valence electrons. The van der Waals surface area contributed by atoms with Gasteiger partial charge in [-0.2, -0.15) is 0 Å². The van der Waals surface area contributed by atoms with Crippen LogP contribution in [0.1, 0.15) is 10.4 Å². The average Bonchev–Trinajstić information content (AvgIpc) is 2.45. The van der Waals surface area contributed by atoms with Gasteiger partial charge in [-0.15, -0.1) is 11.8 Å². The van der Waals surface area contributed by atoms with Crippen molar-refractivity contribution in [2.45, 2.75) is 4.90 Å². The molecule has 0 radical (unpaired) electrons. The van der Waals surface area contributed by atoms with E-state index in [1.54, 1.807) is 18.2 Å². The Morgan fingerprint density at radius 1 is 1.16 bits per heavy atom. The van der Waals surface area contributed by atoms with Crippen molar-refractivity contribution in [3.63, 3.8) is 0 Å². The summed E-state index contributed by atoms with van der Waals surface area (Å²) in [6.07, 6.45) is 1.93. The van der Waals surface area contributed by atoms with Gasteiger partial charge in [0.1, 0.15) is 11.6 Å². The van der Waals surface area contributed by atoms with E-state index in [1.165, 1.54) is 23.9 Å². The Labute approximate surface area is 115 Å². The maximum absolute atomic E-state index is 13.4. The Bertz CT molecular complexity index is 584. The van der Waals surface area contributed by atoms with Crippen molar-refractivity contribution in [1.29, 1.82) is 0 Å². The fraction of sp³-hybridized carbons (Fsp3) is 0.133. The lowest BCUT2D eigenvalue weighted by Gasteiger charge is -2.09. The molecule has 0 atom stereocenters. The number of carbonyl (C=O) groups is 1. The second-order valence-electron chi connectivity index (χ2n) is 3.84. The number of hydrogen-bond acceptors (Lipinski definition) is 3. The average molecular weight is 276 g/mol. The first-order valence-electron chi connectivity index (χ1n) is 5.76. The van der Waals surface area contributed by atoms with Gasteiger partial charge in [0.05, 0.1) is 5.56 Å². The van der Waals surface area contributed by atoms with Gasteiger partial charge in [-0.3, -0.25) is 4.79 Å². The monoisotopic (exact) mass is 276 g/mol. The van der Waals surface area contributed by atoms with Crippen LogP contribution >= 0.6 is 11.8 Å². The zero-order chi connectivity index (χ0) is 13.7. The Kier molecular flexibility index (Phi) is 4.58. The summed E-state index contributed by atoms with van der Waals surface area (Å²) in [5.74, 6) is -0.247. The van der Waals surface area contributed by atoms with Crippen LogP contribution < -0.4 is 4.74 Å². The largest absolute Gasteiger partial charge is 0.484 e. The number of ketones is 1. The first-order chi connectivity index (χ1) is 9.22. The molecule has 0 saturated carbocycles. The summed E-state index contributed by atoms with van der Waals surface area (Å²) >= 11 is 1.54. The summed E-state index contributed by atoms with van der Waals surface area (Å²) in [5.41, 5.74) is 0.0594. The molecular weight excluding hydrogens is 263 g/mol. The molecule has 0 amide bonds. The number of thioether (sulfide) groups is 1. The predicted molar refractivity (Wildman–Crippen MR) is 74.4 cm³/mol. The van der Waals surface area contributed by atoms with Crippen LogP contribution in [0.3, 0.4) is 0 Å². The number of para-hydroxylation sites is 1. The summed E-state index contributed by atoms with van der Waals surface area (Å²) in [7, 11) is 0. The Morgan fingerprint density at radius 3 is 2.58 bits per heavy atom. The SMILES string of the molecule is CSc1ccccc1OCC(=O)c1ccccc1F. The van der Waals surface area contributed by atoms with Gasteiger partial charge in [-0.25, -0.2) is 4.39 Å². The lowest BCUT2D eigenvalue weighted by molar-refractivity contribution is 0.0915. The number of Topliss-reactive ketones (excluding diaryl/α,β-unsaturated/α-hetero) is 1. The van der Waals surface area contributed by atoms with Crippen molar-refractivity contribution in [3.05, 3.63) is 59.9 Å². The molecule has 2 aromatic carbocycles. The third-order valence-electron chi connectivity index (χ3n) is 2.60. The van der Waals surface area contributed by atoms with Crippen LogP contribution in [0.4, 0.5) is 4.39 Å². The molecule has 0 aliphatic heterocycles. The Balaban J connectivity index is 2.07. The lowest BCUT2D eigenvalue weighted by atomic mass is 10.1. The van der Waals surface area contributed by atoms with Crippen molar-refractivity contribution in [3.8, 4) is 5.75 Å². The molecule has 0 spiro atoms. The van der Waals surface area contributed by atoms with Crippen LogP contribution in [0.15, 0.2) is 53.4 Å². The molecule has 0 aromatic heterocycles. The fourth-order valence-corrected chi connectivity index (χ4v) is 2.19. The van der Waals surface area contributed by atoms with Gasteiger partial charge in [-0.05, 0) is 30.5 Å². The maximum atomic E-state index is 13.4. The Hall–Kier alpha value is -1.81. The highest BCUT2D eigenvalue weighted by Gasteiger charge is 2.12. The molecule has 2 aromatic rings. The number of benzene rings is 2. The minimum absolute atomic E-state index is 0.0594. The highest BCUT2D eigenvalue weighted by molar-refractivity contribution is 7.98. The molecule has 0 aliphatic carbocycles. The molecule has 0 aliphatic rings. The van der Waals surface area contributed by atoms with Gasteiger partial charge in [0.25, 0.3) is 0 Å². The smallest absolute Gasteiger partial charge is 0.203 e. The van der Waals surface area contributed by atoms with E-state index in [9.17, 15) is 9.18 Å². The maximum Gasteiger partial charge on any atom is 0.203 e. The highest BCUT2D eigenvalue weighted by Crippen LogP contribution is 2.26. The second-order valence-corrected chi connectivity index (χ2v) is 4.69. The number of ether oxygens (including phenoxy) is 1. The topological polar surface area (TPSA) is 26.3 Å².